The average Bonchev–Trinajstić information content (AvgIpc) is 2.88. The van der Waals surface area contributed by atoms with Crippen LogP contribution in [0.3, 0.4) is 0 Å². The van der Waals surface area contributed by atoms with Gasteiger partial charge in [-0.3, -0.25) is 4.79 Å². The van der Waals surface area contributed by atoms with Crippen LogP contribution in [0.15, 0.2) is 40.2 Å². The Hall–Kier alpha value is -1.59. The highest BCUT2D eigenvalue weighted by molar-refractivity contribution is 8.18. The molecule has 1 aromatic rings. The molecule has 116 valence electrons. The predicted octanol–water partition coefficient (Wildman–Crippen LogP) is 3.16. The molecule has 2 aliphatic rings. The number of hydrogen-bond donors (Lipinski definition) is 0. The minimum Gasteiger partial charge on any atom is -0.372 e. The molecule has 0 radical (unpaired) electrons. The molecule has 1 amide bonds. The van der Waals surface area contributed by atoms with Crippen molar-refractivity contribution in [1.82, 2.24) is 4.90 Å². The van der Waals surface area contributed by atoms with Crippen molar-refractivity contribution in [3.63, 3.8) is 0 Å². The summed E-state index contributed by atoms with van der Waals surface area (Å²) in [5, 5.41) is 0.803. The third kappa shape index (κ3) is 3.10. The van der Waals surface area contributed by atoms with Crippen LogP contribution < -0.4 is 0 Å². The molecule has 4 nitrogen and oxygen atoms in total. The number of rotatable bonds is 1. The van der Waals surface area contributed by atoms with Gasteiger partial charge < -0.3 is 9.64 Å². The fourth-order valence-corrected chi connectivity index (χ4v) is 3.81. The van der Waals surface area contributed by atoms with Gasteiger partial charge in [0.05, 0.1) is 17.1 Å². The van der Waals surface area contributed by atoms with Gasteiger partial charge in [0.1, 0.15) is 0 Å². The molecule has 2 atom stereocenters. The molecule has 0 saturated carbocycles. The van der Waals surface area contributed by atoms with E-state index in [1.54, 1.807) is 0 Å². The molecule has 0 N–H and O–H groups in total. The number of benzene rings is 1. The summed E-state index contributed by atoms with van der Waals surface area (Å²) in [5.41, 5.74) is 2.06. The summed E-state index contributed by atoms with van der Waals surface area (Å²) in [7, 11) is 0. The lowest BCUT2D eigenvalue weighted by atomic mass is 10.1. The van der Waals surface area contributed by atoms with Crippen LogP contribution in [0.5, 0.6) is 0 Å². The van der Waals surface area contributed by atoms with Crippen LogP contribution in [0.25, 0.3) is 5.57 Å². The number of amides is 1. The van der Waals surface area contributed by atoms with E-state index in [4.69, 9.17) is 4.74 Å². The first kappa shape index (κ1) is 15.3. The van der Waals surface area contributed by atoms with E-state index >= 15 is 0 Å². The Morgan fingerprint density at radius 2 is 1.86 bits per heavy atom. The van der Waals surface area contributed by atoms with E-state index in [0.29, 0.717) is 0 Å². The highest BCUT2D eigenvalue weighted by Crippen LogP contribution is 2.35. The summed E-state index contributed by atoms with van der Waals surface area (Å²) in [5.74, 6) is -0.131. The predicted molar refractivity (Wildman–Crippen MR) is 90.7 cm³/mol. The summed E-state index contributed by atoms with van der Waals surface area (Å²) in [6.45, 7) is 7.65. The highest BCUT2D eigenvalue weighted by Gasteiger charge is 2.32. The van der Waals surface area contributed by atoms with E-state index in [0.717, 1.165) is 34.3 Å². The topological polar surface area (TPSA) is 41.9 Å². The Kier molecular flexibility index (Phi) is 4.36. The first-order valence-corrected chi connectivity index (χ1v) is 8.34. The zero-order chi connectivity index (χ0) is 15.7. The average molecular weight is 316 g/mol. The van der Waals surface area contributed by atoms with Crippen LogP contribution >= 0.6 is 11.8 Å². The summed E-state index contributed by atoms with van der Waals surface area (Å²) in [6, 6.07) is 9.98. The largest absolute Gasteiger partial charge is 0.372 e. The second-order valence-corrected chi connectivity index (χ2v) is 6.76. The minimum atomic E-state index is -0.131. The molecule has 0 bridgehead atoms. The molecule has 22 heavy (non-hydrogen) atoms. The lowest BCUT2D eigenvalue weighted by Crippen LogP contribution is -2.47. The molecular formula is C17H20N2O2S. The molecule has 1 fully saturated rings. The van der Waals surface area contributed by atoms with Crippen molar-refractivity contribution in [3.8, 4) is 0 Å². The Morgan fingerprint density at radius 1 is 1.23 bits per heavy atom. The lowest BCUT2D eigenvalue weighted by molar-refractivity contribution is -0.113. The van der Waals surface area contributed by atoms with E-state index < -0.39 is 0 Å². The molecule has 0 aliphatic carbocycles. The van der Waals surface area contributed by atoms with E-state index in [1.165, 1.54) is 11.8 Å². The number of morpholine rings is 1. The van der Waals surface area contributed by atoms with Gasteiger partial charge in [-0.1, -0.05) is 30.3 Å². The Bertz CT molecular complexity index is 629. The van der Waals surface area contributed by atoms with E-state index in [2.05, 4.69) is 23.7 Å². The van der Waals surface area contributed by atoms with Gasteiger partial charge in [0.25, 0.3) is 5.91 Å². The number of carbonyl (C=O) groups is 1. The monoisotopic (exact) mass is 316 g/mol. The normalized spacial score (nSPS) is 27.9. The molecule has 0 spiro atoms. The van der Waals surface area contributed by atoms with Crippen LogP contribution in [0.2, 0.25) is 0 Å². The Morgan fingerprint density at radius 3 is 2.50 bits per heavy atom. The number of aliphatic imine (C=N–C) groups is 1. The van der Waals surface area contributed by atoms with Gasteiger partial charge in [0, 0.05) is 13.1 Å². The number of thioether (sulfide) groups is 1. The van der Waals surface area contributed by atoms with E-state index in [9.17, 15) is 4.79 Å². The van der Waals surface area contributed by atoms with Gasteiger partial charge in [-0.05, 0) is 43.7 Å². The smallest absolute Gasteiger partial charge is 0.286 e. The molecule has 3 rings (SSSR count). The van der Waals surface area contributed by atoms with Gasteiger partial charge in [-0.25, -0.2) is 0 Å². The van der Waals surface area contributed by atoms with E-state index in [1.807, 2.05) is 37.3 Å². The number of amidine groups is 1. The number of carbonyl (C=O) groups excluding carboxylic acids is 1. The zero-order valence-corrected chi connectivity index (χ0v) is 13.9. The zero-order valence-electron chi connectivity index (χ0n) is 13.1. The molecule has 2 heterocycles. The molecule has 5 heteroatoms. The number of allylic oxidation sites excluding steroid dienone is 1. The molecular weight excluding hydrogens is 296 g/mol. The lowest BCUT2D eigenvalue weighted by Gasteiger charge is -2.35. The quantitative estimate of drug-likeness (QED) is 0.746. The Balaban J connectivity index is 1.82. The highest BCUT2D eigenvalue weighted by atomic mass is 32.2. The van der Waals surface area contributed by atoms with Crippen molar-refractivity contribution in [2.45, 2.75) is 33.0 Å². The fraction of sp³-hybridized carbons (Fsp3) is 0.412. The van der Waals surface area contributed by atoms with Crippen LogP contribution in [0, 0.1) is 0 Å². The summed E-state index contributed by atoms with van der Waals surface area (Å²) in [4.78, 5) is 19.4. The van der Waals surface area contributed by atoms with Crippen LogP contribution in [0.1, 0.15) is 26.3 Å². The Labute approximate surface area is 135 Å². The first-order valence-electron chi connectivity index (χ1n) is 7.52. The molecule has 1 aromatic carbocycles. The van der Waals surface area contributed by atoms with Crippen molar-refractivity contribution >= 4 is 28.4 Å². The van der Waals surface area contributed by atoms with Gasteiger partial charge in [0.2, 0.25) is 0 Å². The third-order valence-electron chi connectivity index (χ3n) is 3.82. The summed E-state index contributed by atoms with van der Waals surface area (Å²) in [6.07, 6.45) is 0.316. The number of ether oxygens (including phenoxy) is 1. The van der Waals surface area contributed by atoms with Crippen LogP contribution in [-0.2, 0) is 9.53 Å². The van der Waals surface area contributed by atoms with Crippen molar-refractivity contribution in [2.75, 3.05) is 13.1 Å². The molecule has 1 saturated heterocycles. The second-order valence-electron chi connectivity index (χ2n) is 5.78. The fourth-order valence-electron chi connectivity index (χ4n) is 2.82. The van der Waals surface area contributed by atoms with E-state index in [-0.39, 0.29) is 18.1 Å². The minimum absolute atomic E-state index is 0.131. The van der Waals surface area contributed by atoms with Gasteiger partial charge >= 0.3 is 0 Å². The maximum Gasteiger partial charge on any atom is 0.286 e. The maximum atomic E-state index is 12.3. The van der Waals surface area contributed by atoms with Gasteiger partial charge in [0.15, 0.2) is 5.17 Å². The SMILES string of the molecule is C/C(=C1\SC(N2C[C@@H](C)O[C@H](C)C2)=NC1=O)c1ccccc1. The van der Waals surface area contributed by atoms with Gasteiger partial charge in [-0.15, -0.1) is 0 Å². The van der Waals surface area contributed by atoms with Crippen molar-refractivity contribution in [1.29, 1.82) is 0 Å². The van der Waals surface area contributed by atoms with Crippen LogP contribution in [-0.4, -0.2) is 41.3 Å². The summed E-state index contributed by atoms with van der Waals surface area (Å²) < 4.78 is 5.74. The van der Waals surface area contributed by atoms with Crippen molar-refractivity contribution in [2.24, 2.45) is 4.99 Å². The van der Waals surface area contributed by atoms with Crippen molar-refractivity contribution in [3.05, 3.63) is 40.8 Å². The molecule has 2 aliphatic heterocycles. The standard InChI is InChI=1S/C17H20N2O2S/c1-11-9-19(10-12(2)21-11)17-18-16(20)15(22-17)13(3)14-7-5-4-6-8-14/h4-8,11-12H,9-10H2,1-3H3/b15-13+/t11-,12-/m1/s1. The number of nitrogens with zero attached hydrogens (tertiary/aromatic N) is 2. The van der Waals surface area contributed by atoms with Gasteiger partial charge in [-0.2, -0.15) is 4.99 Å². The maximum absolute atomic E-state index is 12.3. The second kappa shape index (κ2) is 6.26. The third-order valence-corrected chi connectivity index (χ3v) is 5.04. The first-order chi connectivity index (χ1) is 10.5. The number of hydrogen-bond acceptors (Lipinski definition) is 4. The molecule has 0 aromatic heterocycles. The van der Waals surface area contributed by atoms with Crippen molar-refractivity contribution < 1.29 is 9.53 Å². The molecule has 0 unspecified atom stereocenters. The summed E-state index contributed by atoms with van der Waals surface area (Å²) >= 11 is 1.48. The van der Waals surface area contributed by atoms with Crippen LogP contribution in [0.4, 0.5) is 0 Å².